The molecule has 0 aliphatic rings. The van der Waals surface area contributed by atoms with Crippen molar-refractivity contribution in [1.82, 2.24) is 10.2 Å². The maximum Gasteiger partial charge on any atom is 0.244 e. The van der Waals surface area contributed by atoms with Gasteiger partial charge in [0.05, 0.1) is 11.9 Å². The molecule has 0 aromatic heterocycles. The molecule has 1 N–H and O–H groups in total. The van der Waals surface area contributed by atoms with Crippen LogP contribution in [0.15, 0.2) is 54.6 Å². The molecule has 174 valence electrons. The van der Waals surface area contributed by atoms with Gasteiger partial charge in [-0.1, -0.05) is 54.9 Å². The average molecular weight is 480 g/mol. The number of hydrogen-bond acceptors (Lipinski definition) is 4. The molecule has 0 spiro atoms. The van der Waals surface area contributed by atoms with Gasteiger partial charge in [0.1, 0.15) is 12.6 Å². The number of nitrogens with one attached hydrogen (secondary N) is 1. The van der Waals surface area contributed by atoms with Gasteiger partial charge in [-0.05, 0) is 44.0 Å². The normalized spacial score (nSPS) is 12.3. The van der Waals surface area contributed by atoms with Crippen LogP contribution in [-0.2, 0) is 26.2 Å². The number of para-hydroxylation sites is 1. The van der Waals surface area contributed by atoms with Gasteiger partial charge in [0, 0.05) is 17.6 Å². The van der Waals surface area contributed by atoms with Crippen LogP contribution in [-0.4, -0.2) is 50.0 Å². The average Bonchev–Trinajstić information content (AvgIpc) is 2.72. The van der Waals surface area contributed by atoms with Gasteiger partial charge in [-0.2, -0.15) is 0 Å². The molecule has 0 heterocycles. The molecular weight excluding hydrogens is 450 g/mol. The van der Waals surface area contributed by atoms with Crippen LogP contribution in [0.25, 0.3) is 0 Å². The number of sulfonamides is 1. The highest BCUT2D eigenvalue weighted by Crippen LogP contribution is 2.22. The molecule has 2 amide bonds. The molecular formula is C23H30ClN3O4S. The summed E-state index contributed by atoms with van der Waals surface area (Å²) in [4.78, 5) is 27.8. The molecule has 0 saturated heterocycles. The summed E-state index contributed by atoms with van der Waals surface area (Å²) in [7, 11) is -3.74. The Morgan fingerprint density at radius 3 is 2.16 bits per heavy atom. The van der Waals surface area contributed by atoms with Gasteiger partial charge in [-0.15, -0.1) is 0 Å². The first-order chi connectivity index (χ1) is 15.0. The molecule has 0 aliphatic carbocycles. The molecule has 9 heteroatoms. The first-order valence-electron chi connectivity index (χ1n) is 10.4. The second-order valence-electron chi connectivity index (χ2n) is 7.81. The zero-order chi connectivity index (χ0) is 23.9. The van der Waals surface area contributed by atoms with Crippen molar-refractivity contribution in [3.05, 3.63) is 65.2 Å². The smallest absolute Gasteiger partial charge is 0.244 e. The van der Waals surface area contributed by atoms with E-state index in [4.69, 9.17) is 11.6 Å². The summed E-state index contributed by atoms with van der Waals surface area (Å²) in [5.74, 6) is -0.793. The third-order valence-electron chi connectivity index (χ3n) is 4.84. The van der Waals surface area contributed by atoms with E-state index in [1.807, 2.05) is 20.8 Å². The highest BCUT2D eigenvalue weighted by Gasteiger charge is 2.32. The Morgan fingerprint density at radius 1 is 1.03 bits per heavy atom. The first kappa shape index (κ1) is 25.7. The number of carbonyl (C=O) groups is 2. The minimum Gasteiger partial charge on any atom is -0.352 e. The lowest BCUT2D eigenvalue weighted by Crippen LogP contribution is -2.53. The Morgan fingerprint density at radius 2 is 1.62 bits per heavy atom. The van der Waals surface area contributed by atoms with E-state index >= 15 is 0 Å². The van der Waals surface area contributed by atoms with E-state index in [-0.39, 0.29) is 18.5 Å². The third kappa shape index (κ3) is 6.97. The van der Waals surface area contributed by atoms with Crippen LogP contribution in [0.2, 0.25) is 5.02 Å². The second kappa shape index (κ2) is 11.3. The third-order valence-corrected chi connectivity index (χ3v) is 6.35. The molecule has 2 aromatic carbocycles. The van der Waals surface area contributed by atoms with Crippen LogP contribution in [0.4, 0.5) is 5.69 Å². The van der Waals surface area contributed by atoms with Crippen molar-refractivity contribution in [1.29, 1.82) is 0 Å². The van der Waals surface area contributed by atoms with E-state index in [1.165, 1.54) is 4.90 Å². The fraction of sp³-hybridized carbons (Fsp3) is 0.391. The Kier molecular flexibility index (Phi) is 9.09. The summed E-state index contributed by atoms with van der Waals surface area (Å²) in [6.45, 7) is 5.13. The molecule has 0 unspecified atom stereocenters. The maximum absolute atomic E-state index is 13.5. The number of halogens is 1. The minimum atomic E-state index is -3.74. The van der Waals surface area contributed by atoms with E-state index in [9.17, 15) is 18.0 Å². The van der Waals surface area contributed by atoms with E-state index in [0.29, 0.717) is 22.7 Å². The fourth-order valence-corrected chi connectivity index (χ4v) is 4.36. The Labute approximate surface area is 195 Å². The SMILES string of the molecule is CC[C@H](C(=O)NC(C)C)N(Cc1ccccc1Cl)C(=O)CN(c1ccccc1)S(C)(=O)=O. The van der Waals surface area contributed by atoms with Crippen molar-refractivity contribution in [3.63, 3.8) is 0 Å². The van der Waals surface area contributed by atoms with Crippen molar-refractivity contribution >= 4 is 39.1 Å². The zero-order valence-corrected chi connectivity index (χ0v) is 20.4. The van der Waals surface area contributed by atoms with Crippen molar-refractivity contribution in [2.24, 2.45) is 0 Å². The number of rotatable bonds is 10. The number of amides is 2. The molecule has 0 fully saturated rings. The Bertz CT molecular complexity index is 1030. The summed E-state index contributed by atoms with van der Waals surface area (Å²) in [6, 6.07) is 14.6. The molecule has 2 aromatic rings. The van der Waals surface area contributed by atoms with Crippen LogP contribution in [0.1, 0.15) is 32.8 Å². The molecule has 32 heavy (non-hydrogen) atoms. The lowest BCUT2D eigenvalue weighted by atomic mass is 10.1. The lowest BCUT2D eigenvalue weighted by molar-refractivity contribution is -0.140. The number of carbonyl (C=O) groups excluding carboxylic acids is 2. The standard InChI is InChI=1S/C23H30ClN3O4S/c1-5-21(23(29)25-17(2)3)26(15-18-11-9-10-14-20(18)24)22(28)16-27(32(4,30)31)19-12-7-6-8-13-19/h6-14,17,21H,5,15-16H2,1-4H3,(H,25,29)/t21-/m1/s1. The number of nitrogens with zero attached hydrogens (tertiary/aromatic N) is 2. The molecule has 0 aliphatic heterocycles. The van der Waals surface area contributed by atoms with E-state index in [2.05, 4.69) is 5.32 Å². The van der Waals surface area contributed by atoms with Crippen LogP contribution in [0.3, 0.4) is 0 Å². The second-order valence-corrected chi connectivity index (χ2v) is 10.1. The highest BCUT2D eigenvalue weighted by atomic mass is 35.5. The van der Waals surface area contributed by atoms with Crippen LogP contribution in [0, 0.1) is 0 Å². The van der Waals surface area contributed by atoms with E-state index < -0.39 is 28.5 Å². The molecule has 0 saturated carbocycles. The highest BCUT2D eigenvalue weighted by molar-refractivity contribution is 7.92. The maximum atomic E-state index is 13.5. The van der Waals surface area contributed by atoms with Gasteiger partial charge >= 0.3 is 0 Å². The molecule has 7 nitrogen and oxygen atoms in total. The molecule has 2 rings (SSSR count). The van der Waals surface area contributed by atoms with Crippen LogP contribution < -0.4 is 9.62 Å². The summed E-state index contributed by atoms with van der Waals surface area (Å²) in [6.07, 6.45) is 1.41. The van der Waals surface area contributed by atoms with Gasteiger partial charge in [-0.3, -0.25) is 13.9 Å². The van der Waals surface area contributed by atoms with E-state index in [0.717, 1.165) is 10.6 Å². The largest absolute Gasteiger partial charge is 0.352 e. The minimum absolute atomic E-state index is 0.0783. The molecule has 0 radical (unpaired) electrons. The first-order valence-corrected chi connectivity index (χ1v) is 12.6. The predicted molar refractivity (Wildman–Crippen MR) is 128 cm³/mol. The lowest BCUT2D eigenvalue weighted by Gasteiger charge is -2.33. The van der Waals surface area contributed by atoms with Gasteiger partial charge in [0.25, 0.3) is 0 Å². The fourth-order valence-electron chi connectivity index (χ4n) is 3.32. The van der Waals surface area contributed by atoms with Crippen LogP contribution in [0.5, 0.6) is 0 Å². The van der Waals surface area contributed by atoms with Gasteiger partial charge in [0.2, 0.25) is 21.8 Å². The summed E-state index contributed by atoms with van der Waals surface area (Å²) < 4.78 is 26.0. The Balaban J connectivity index is 2.43. The zero-order valence-electron chi connectivity index (χ0n) is 18.8. The van der Waals surface area contributed by atoms with Gasteiger partial charge in [0.15, 0.2) is 0 Å². The van der Waals surface area contributed by atoms with Gasteiger partial charge < -0.3 is 10.2 Å². The summed E-state index contributed by atoms with van der Waals surface area (Å²) in [5.41, 5.74) is 1.05. The topological polar surface area (TPSA) is 86.8 Å². The van der Waals surface area contributed by atoms with Crippen molar-refractivity contribution in [3.8, 4) is 0 Å². The Hall–Kier alpha value is -2.58. The van der Waals surface area contributed by atoms with Gasteiger partial charge in [-0.25, -0.2) is 8.42 Å². The molecule has 1 atom stereocenters. The molecule has 0 bridgehead atoms. The predicted octanol–water partition coefficient (Wildman–Crippen LogP) is 3.44. The number of benzene rings is 2. The summed E-state index contributed by atoms with van der Waals surface area (Å²) >= 11 is 6.31. The monoisotopic (exact) mass is 479 g/mol. The van der Waals surface area contributed by atoms with Crippen molar-refractivity contribution in [2.75, 3.05) is 17.1 Å². The number of anilines is 1. The van der Waals surface area contributed by atoms with Crippen LogP contribution >= 0.6 is 11.6 Å². The quantitative estimate of drug-likeness (QED) is 0.565. The van der Waals surface area contributed by atoms with Crippen molar-refractivity contribution in [2.45, 2.75) is 45.8 Å². The summed E-state index contributed by atoms with van der Waals surface area (Å²) in [5, 5.41) is 3.31. The number of hydrogen-bond donors (Lipinski definition) is 1. The van der Waals surface area contributed by atoms with E-state index in [1.54, 1.807) is 54.6 Å². The van der Waals surface area contributed by atoms with Crippen molar-refractivity contribution < 1.29 is 18.0 Å².